The van der Waals surface area contributed by atoms with E-state index in [1.165, 1.54) is 0 Å². The molecule has 0 aliphatic carbocycles. The predicted octanol–water partition coefficient (Wildman–Crippen LogP) is 4.76. The Hall–Kier alpha value is -1.51. The van der Waals surface area contributed by atoms with Gasteiger partial charge in [-0.2, -0.15) is 0 Å². The minimum absolute atomic E-state index is 0.0479. The van der Waals surface area contributed by atoms with E-state index in [-0.39, 0.29) is 12.4 Å². The monoisotopic (exact) mass is 308 g/mol. The van der Waals surface area contributed by atoms with Gasteiger partial charge in [-0.1, -0.05) is 47.5 Å². The van der Waals surface area contributed by atoms with Crippen LogP contribution in [0, 0.1) is 13.8 Å². The Labute approximate surface area is 128 Å². The van der Waals surface area contributed by atoms with E-state index in [9.17, 15) is 4.79 Å². The Bertz CT molecular complexity index is 555. The lowest BCUT2D eigenvalue weighted by molar-refractivity contribution is -0.133. The first-order valence-electron chi connectivity index (χ1n) is 6.19. The van der Waals surface area contributed by atoms with Crippen molar-refractivity contribution in [2.45, 2.75) is 20.3 Å². The first-order valence-corrected chi connectivity index (χ1v) is 6.94. The highest BCUT2D eigenvalue weighted by molar-refractivity contribution is 6.36. The number of hydrogen-bond acceptors (Lipinski definition) is 2. The lowest BCUT2D eigenvalue weighted by Gasteiger charge is -2.11. The van der Waals surface area contributed by atoms with Crippen molar-refractivity contribution in [1.82, 2.24) is 0 Å². The molecule has 0 spiro atoms. The predicted molar refractivity (Wildman–Crippen MR) is 81.7 cm³/mol. The van der Waals surface area contributed by atoms with Crippen molar-refractivity contribution in [2.75, 3.05) is 0 Å². The molecule has 104 valence electrons. The zero-order chi connectivity index (χ0) is 14.7. The molecule has 2 aromatic carbocycles. The normalized spacial score (nSPS) is 10.4. The van der Waals surface area contributed by atoms with E-state index in [1.54, 1.807) is 18.2 Å². The van der Waals surface area contributed by atoms with E-state index < -0.39 is 0 Å². The molecular weight excluding hydrogens is 295 g/mol. The van der Waals surface area contributed by atoms with Crippen LogP contribution in [-0.2, 0) is 11.2 Å². The average Bonchev–Trinajstić information content (AvgIpc) is 2.39. The van der Waals surface area contributed by atoms with E-state index in [4.69, 9.17) is 27.9 Å². The smallest absolute Gasteiger partial charge is 0.315 e. The van der Waals surface area contributed by atoms with Gasteiger partial charge in [0.15, 0.2) is 0 Å². The first-order chi connectivity index (χ1) is 9.49. The maximum atomic E-state index is 12.1. The second-order valence-electron chi connectivity index (χ2n) is 4.57. The van der Waals surface area contributed by atoms with Crippen LogP contribution in [0.25, 0.3) is 0 Å². The quantitative estimate of drug-likeness (QED) is 0.603. The number of para-hydroxylation sites is 1. The van der Waals surface area contributed by atoms with Gasteiger partial charge in [0.25, 0.3) is 0 Å². The van der Waals surface area contributed by atoms with E-state index in [0.29, 0.717) is 21.4 Å². The molecule has 0 atom stereocenters. The van der Waals surface area contributed by atoms with Gasteiger partial charge in [0.05, 0.1) is 6.42 Å². The lowest BCUT2D eigenvalue weighted by atomic mass is 10.1. The van der Waals surface area contributed by atoms with Gasteiger partial charge in [-0.05, 0) is 37.1 Å². The van der Waals surface area contributed by atoms with E-state index in [2.05, 4.69) is 0 Å². The summed E-state index contributed by atoms with van der Waals surface area (Å²) in [5.41, 5.74) is 2.43. The van der Waals surface area contributed by atoms with Gasteiger partial charge >= 0.3 is 5.97 Å². The molecule has 0 amide bonds. The summed E-state index contributed by atoms with van der Waals surface area (Å²) in [6, 6.07) is 10.9. The third kappa shape index (κ3) is 3.33. The summed E-state index contributed by atoms with van der Waals surface area (Å²) < 4.78 is 5.43. The second-order valence-corrected chi connectivity index (χ2v) is 5.39. The second kappa shape index (κ2) is 6.29. The number of benzene rings is 2. The van der Waals surface area contributed by atoms with Crippen LogP contribution in [0.4, 0.5) is 0 Å². The highest BCUT2D eigenvalue weighted by atomic mass is 35.5. The highest BCUT2D eigenvalue weighted by Crippen LogP contribution is 2.27. The van der Waals surface area contributed by atoms with Crippen LogP contribution in [0.2, 0.25) is 10.0 Å². The molecule has 0 N–H and O–H groups in total. The van der Waals surface area contributed by atoms with Gasteiger partial charge in [-0.15, -0.1) is 0 Å². The number of hydrogen-bond donors (Lipinski definition) is 0. The maximum Gasteiger partial charge on any atom is 0.315 e. The van der Waals surface area contributed by atoms with Gasteiger partial charge in [0.2, 0.25) is 0 Å². The Morgan fingerprint density at radius 3 is 2.05 bits per heavy atom. The summed E-state index contributed by atoms with van der Waals surface area (Å²) in [5, 5.41) is 0.937. The van der Waals surface area contributed by atoms with Crippen molar-refractivity contribution >= 4 is 29.2 Å². The van der Waals surface area contributed by atoms with Crippen molar-refractivity contribution in [3.8, 4) is 5.75 Å². The number of carbonyl (C=O) groups excluding carboxylic acids is 1. The standard InChI is InChI=1S/C16H14Cl2O2/c1-10-5-3-6-11(2)16(10)20-15(19)9-12-13(17)7-4-8-14(12)18/h3-8H,9H2,1-2H3. The third-order valence-electron chi connectivity index (χ3n) is 3.01. The number of halogens is 2. The zero-order valence-electron chi connectivity index (χ0n) is 11.2. The highest BCUT2D eigenvalue weighted by Gasteiger charge is 2.14. The van der Waals surface area contributed by atoms with E-state index >= 15 is 0 Å². The topological polar surface area (TPSA) is 26.3 Å². The summed E-state index contributed by atoms with van der Waals surface area (Å²) in [7, 11) is 0. The molecule has 0 saturated heterocycles. The number of carbonyl (C=O) groups is 1. The van der Waals surface area contributed by atoms with Crippen molar-refractivity contribution in [3.63, 3.8) is 0 Å². The molecule has 2 rings (SSSR count). The fourth-order valence-corrected chi connectivity index (χ4v) is 2.49. The summed E-state index contributed by atoms with van der Waals surface area (Å²) >= 11 is 12.1. The van der Waals surface area contributed by atoms with Crippen LogP contribution in [0.3, 0.4) is 0 Å². The molecule has 0 bridgehead atoms. The largest absolute Gasteiger partial charge is 0.426 e. The molecule has 2 aromatic rings. The van der Waals surface area contributed by atoms with Crippen molar-refractivity contribution < 1.29 is 9.53 Å². The number of esters is 1. The van der Waals surface area contributed by atoms with Crippen LogP contribution in [0.1, 0.15) is 16.7 Å². The van der Waals surface area contributed by atoms with Crippen molar-refractivity contribution in [2.24, 2.45) is 0 Å². The van der Waals surface area contributed by atoms with Gasteiger partial charge in [0.1, 0.15) is 5.75 Å². The molecule has 0 aliphatic rings. The Kier molecular flexibility index (Phi) is 4.69. The Balaban J connectivity index is 2.18. The van der Waals surface area contributed by atoms with Crippen molar-refractivity contribution in [3.05, 3.63) is 63.1 Å². The molecule has 0 aromatic heterocycles. The van der Waals surface area contributed by atoms with Gasteiger partial charge in [0, 0.05) is 15.6 Å². The molecular formula is C16H14Cl2O2. The minimum atomic E-state index is -0.377. The number of rotatable bonds is 3. The van der Waals surface area contributed by atoms with Crippen LogP contribution in [-0.4, -0.2) is 5.97 Å². The van der Waals surface area contributed by atoms with Crippen LogP contribution in [0.5, 0.6) is 5.75 Å². The fraction of sp³-hybridized carbons (Fsp3) is 0.188. The molecule has 0 saturated carbocycles. The molecule has 2 nitrogen and oxygen atoms in total. The molecule has 0 heterocycles. The van der Waals surface area contributed by atoms with Gasteiger partial charge in [-0.25, -0.2) is 0 Å². The first kappa shape index (κ1) is 14.9. The maximum absolute atomic E-state index is 12.1. The summed E-state index contributed by atoms with van der Waals surface area (Å²) in [6.07, 6.45) is 0.0479. The number of aryl methyl sites for hydroxylation is 2. The summed E-state index contributed by atoms with van der Waals surface area (Å²) in [6.45, 7) is 3.80. The fourth-order valence-electron chi connectivity index (χ4n) is 1.96. The van der Waals surface area contributed by atoms with Gasteiger partial charge < -0.3 is 4.74 Å². The SMILES string of the molecule is Cc1cccc(C)c1OC(=O)Cc1c(Cl)cccc1Cl. The van der Waals surface area contributed by atoms with Gasteiger partial charge in [-0.3, -0.25) is 4.79 Å². The molecule has 0 fully saturated rings. The molecule has 20 heavy (non-hydrogen) atoms. The Morgan fingerprint density at radius 2 is 1.50 bits per heavy atom. The van der Waals surface area contributed by atoms with Crippen molar-refractivity contribution in [1.29, 1.82) is 0 Å². The summed E-state index contributed by atoms with van der Waals surface area (Å²) in [4.78, 5) is 12.1. The third-order valence-corrected chi connectivity index (χ3v) is 3.72. The molecule has 0 aliphatic heterocycles. The average molecular weight is 309 g/mol. The summed E-state index contributed by atoms with van der Waals surface area (Å²) in [5.74, 6) is 0.220. The zero-order valence-corrected chi connectivity index (χ0v) is 12.8. The van der Waals surface area contributed by atoms with E-state index in [0.717, 1.165) is 11.1 Å². The molecule has 4 heteroatoms. The Morgan fingerprint density at radius 1 is 1.00 bits per heavy atom. The van der Waals surface area contributed by atoms with E-state index in [1.807, 2.05) is 32.0 Å². The minimum Gasteiger partial charge on any atom is -0.426 e. The molecule has 0 unspecified atom stereocenters. The lowest BCUT2D eigenvalue weighted by Crippen LogP contribution is -2.13. The van der Waals surface area contributed by atoms with Crippen LogP contribution in [0.15, 0.2) is 36.4 Å². The molecule has 0 radical (unpaired) electrons. The van der Waals surface area contributed by atoms with Crippen LogP contribution < -0.4 is 4.74 Å². The number of ether oxygens (including phenoxy) is 1. The van der Waals surface area contributed by atoms with Crippen LogP contribution >= 0.6 is 23.2 Å².